The molecule has 132 valence electrons. The number of amides is 1. The van der Waals surface area contributed by atoms with Gasteiger partial charge in [-0.15, -0.1) is 0 Å². The van der Waals surface area contributed by atoms with E-state index in [4.69, 9.17) is 4.74 Å². The molecule has 1 aromatic carbocycles. The van der Waals surface area contributed by atoms with Gasteiger partial charge in [-0.25, -0.2) is 9.07 Å². The minimum Gasteiger partial charge on any atom is -0.376 e. The van der Waals surface area contributed by atoms with E-state index >= 15 is 0 Å². The highest BCUT2D eigenvalue weighted by molar-refractivity contribution is 5.94. The predicted molar refractivity (Wildman–Crippen MR) is 91.5 cm³/mol. The fourth-order valence-electron chi connectivity index (χ4n) is 3.67. The molecule has 2 aliphatic rings. The Balaban J connectivity index is 1.61. The zero-order valence-corrected chi connectivity index (χ0v) is 14.1. The highest BCUT2D eigenvalue weighted by Crippen LogP contribution is 2.27. The van der Waals surface area contributed by atoms with E-state index in [9.17, 15) is 9.18 Å². The maximum Gasteiger partial charge on any atom is 0.272 e. The van der Waals surface area contributed by atoms with Gasteiger partial charge in [0.05, 0.1) is 11.8 Å². The van der Waals surface area contributed by atoms with Crippen LogP contribution in [0.5, 0.6) is 0 Å². The van der Waals surface area contributed by atoms with Gasteiger partial charge in [0.15, 0.2) is 5.69 Å². The number of benzene rings is 1. The van der Waals surface area contributed by atoms with E-state index in [0.717, 1.165) is 62.1 Å². The molecule has 1 aromatic heterocycles. The Hall–Kier alpha value is -2.21. The SMILES string of the molecule is O=C(NC[C@@H]1CCCO1)c1nn(-c2ccc(F)cc2)c2c1CCCC2. The molecule has 1 aliphatic carbocycles. The third kappa shape index (κ3) is 3.31. The molecule has 1 N–H and O–H groups in total. The Morgan fingerprint density at radius 1 is 1.24 bits per heavy atom. The minimum atomic E-state index is -0.278. The van der Waals surface area contributed by atoms with Crippen molar-refractivity contribution >= 4 is 5.91 Å². The minimum absolute atomic E-state index is 0.110. The molecule has 1 saturated heterocycles. The van der Waals surface area contributed by atoms with Crippen molar-refractivity contribution in [1.29, 1.82) is 0 Å². The summed E-state index contributed by atoms with van der Waals surface area (Å²) in [6.07, 6.45) is 6.04. The summed E-state index contributed by atoms with van der Waals surface area (Å²) in [6, 6.07) is 6.24. The molecule has 1 atom stereocenters. The van der Waals surface area contributed by atoms with Crippen LogP contribution in [-0.2, 0) is 17.6 Å². The Morgan fingerprint density at radius 2 is 2.04 bits per heavy atom. The number of rotatable bonds is 4. The number of nitrogens with zero attached hydrogens (tertiary/aromatic N) is 2. The normalized spacial score (nSPS) is 19.6. The fourth-order valence-corrected chi connectivity index (χ4v) is 3.67. The van der Waals surface area contributed by atoms with Gasteiger partial charge in [-0.2, -0.15) is 5.10 Å². The van der Waals surface area contributed by atoms with Crippen molar-refractivity contribution in [1.82, 2.24) is 15.1 Å². The lowest BCUT2D eigenvalue weighted by Gasteiger charge is -2.14. The maximum absolute atomic E-state index is 13.2. The second kappa shape index (κ2) is 6.96. The molecule has 0 spiro atoms. The molecule has 1 fully saturated rings. The molecule has 6 heteroatoms. The third-order valence-electron chi connectivity index (χ3n) is 4.98. The van der Waals surface area contributed by atoms with E-state index in [0.29, 0.717) is 12.2 Å². The zero-order chi connectivity index (χ0) is 17.2. The van der Waals surface area contributed by atoms with Crippen LogP contribution in [0.3, 0.4) is 0 Å². The molecule has 25 heavy (non-hydrogen) atoms. The Bertz CT molecular complexity index is 764. The van der Waals surface area contributed by atoms with Gasteiger partial charge in [0.1, 0.15) is 5.82 Å². The number of hydrogen-bond donors (Lipinski definition) is 1. The number of fused-ring (bicyclic) bond motifs is 1. The van der Waals surface area contributed by atoms with Crippen LogP contribution < -0.4 is 5.32 Å². The molecular formula is C19H22FN3O2. The zero-order valence-electron chi connectivity index (χ0n) is 14.1. The molecular weight excluding hydrogens is 321 g/mol. The summed E-state index contributed by atoms with van der Waals surface area (Å²) < 4.78 is 20.6. The van der Waals surface area contributed by atoms with E-state index < -0.39 is 0 Å². The van der Waals surface area contributed by atoms with Gasteiger partial charge >= 0.3 is 0 Å². The molecule has 1 amide bonds. The summed E-state index contributed by atoms with van der Waals surface area (Å²) in [5.41, 5.74) is 3.38. The van der Waals surface area contributed by atoms with E-state index in [1.54, 1.807) is 16.8 Å². The van der Waals surface area contributed by atoms with Gasteiger partial charge in [0.25, 0.3) is 5.91 Å². The molecule has 0 unspecified atom stereocenters. The quantitative estimate of drug-likeness (QED) is 0.929. The summed E-state index contributed by atoms with van der Waals surface area (Å²) in [4.78, 5) is 12.7. The van der Waals surface area contributed by atoms with Crippen LogP contribution >= 0.6 is 0 Å². The summed E-state index contributed by atoms with van der Waals surface area (Å²) in [7, 11) is 0. The third-order valence-corrected chi connectivity index (χ3v) is 4.98. The van der Waals surface area contributed by atoms with Crippen LogP contribution in [0.1, 0.15) is 47.4 Å². The van der Waals surface area contributed by atoms with E-state index in [1.165, 1.54) is 12.1 Å². The van der Waals surface area contributed by atoms with Crippen LogP contribution in [0, 0.1) is 5.82 Å². The number of aromatic nitrogens is 2. The largest absolute Gasteiger partial charge is 0.376 e. The van der Waals surface area contributed by atoms with Crippen LogP contribution in [0.15, 0.2) is 24.3 Å². The number of nitrogens with one attached hydrogen (secondary N) is 1. The Kier molecular flexibility index (Phi) is 4.53. The van der Waals surface area contributed by atoms with Crippen molar-refractivity contribution in [2.75, 3.05) is 13.2 Å². The topological polar surface area (TPSA) is 56.1 Å². The maximum atomic E-state index is 13.2. The van der Waals surface area contributed by atoms with Crippen molar-refractivity contribution in [3.63, 3.8) is 0 Å². The van der Waals surface area contributed by atoms with E-state index in [2.05, 4.69) is 10.4 Å². The monoisotopic (exact) mass is 343 g/mol. The average Bonchev–Trinajstić information content (AvgIpc) is 3.28. The Morgan fingerprint density at radius 3 is 2.80 bits per heavy atom. The van der Waals surface area contributed by atoms with Crippen molar-refractivity contribution in [3.05, 3.63) is 47.0 Å². The summed E-state index contributed by atoms with van der Waals surface area (Å²) >= 11 is 0. The van der Waals surface area contributed by atoms with Crippen molar-refractivity contribution < 1.29 is 13.9 Å². The summed E-state index contributed by atoms with van der Waals surface area (Å²) in [5, 5.41) is 7.54. The molecule has 2 aromatic rings. The first-order chi connectivity index (χ1) is 12.2. The Labute approximate surface area is 146 Å². The van der Waals surface area contributed by atoms with Crippen molar-refractivity contribution in [3.8, 4) is 5.69 Å². The van der Waals surface area contributed by atoms with Gasteiger partial charge in [-0.05, 0) is 62.8 Å². The summed E-state index contributed by atoms with van der Waals surface area (Å²) in [6.45, 7) is 1.30. The lowest BCUT2D eigenvalue weighted by molar-refractivity contribution is 0.0852. The number of halogens is 1. The number of ether oxygens (including phenoxy) is 1. The molecule has 4 rings (SSSR count). The van der Waals surface area contributed by atoms with Gasteiger partial charge in [0.2, 0.25) is 0 Å². The number of carbonyl (C=O) groups is 1. The van der Waals surface area contributed by atoms with Crippen LogP contribution in [-0.4, -0.2) is 34.9 Å². The number of hydrogen-bond acceptors (Lipinski definition) is 3. The smallest absolute Gasteiger partial charge is 0.272 e. The van der Waals surface area contributed by atoms with E-state index in [1.807, 2.05) is 0 Å². The van der Waals surface area contributed by atoms with E-state index in [-0.39, 0.29) is 17.8 Å². The molecule has 2 heterocycles. The lowest BCUT2D eigenvalue weighted by Crippen LogP contribution is -2.32. The van der Waals surface area contributed by atoms with Gasteiger partial charge < -0.3 is 10.1 Å². The second-order valence-corrected chi connectivity index (χ2v) is 6.71. The highest BCUT2D eigenvalue weighted by atomic mass is 19.1. The molecule has 5 nitrogen and oxygen atoms in total. The van der Waals surface area contributed by atoms with Crippen LogP contribution in [0.4, 0.5) is 4.39 Å². The highest BCUT2D eigenvalue weighted by Gasteiger charge is 2.26. The van der Waals surface area contributed by atoms with Gasteiger partial charge in [-0.3, -0.25) is 4.79 Å². The predicted octanol–water partition coefficient (Wildman–Crippen LogP) is 2.80. The lowest BCUT2D eigenvalue weighted by atomic mass is 9.95. The molecule has 1 aliphatic heterocycles. The second-order valence-electron chi connectivity index (χ2n) is 6.71. The van der Waals surface area contributed by atoms with Crippen LogP contribution in [0.25, 0.3) is 5.69 Å². The molecule has 0 saturated carbocycles. The first-order valence-electron chi connectivity index (χ1n) is 8.99. The first kappa shape index (κ1) is 16.3. The summed E-state index contributed by atoms with van der Waals surface area (Å²) in [5.74, 6) is -0.422. The standard InChI is InChI=1S/C19H22FN3O2/c20-13-7-9-14(10-8-13)23-17-6-2-1-5-16(17)18(22-23)19(24)21-12-15-4-3-11-25-15/h7-10,15H,1-6,11-12H2,(H,21,24)/t15-/m0/s1. The average molecular weight is 343 g/mol. The van der Waals surface area contributed by atoms with Gasteiger partial charge in [0, 0.05) is 24.4 Å². The van der Waals surface area contributed by atoms with Gasteiger partial charge in [-0.1, -0.05) is 0 Å². The van der Waals surface area contributed by atoms with Crippen LogP contribution in [0.2, 0.25) is 0 Å². The molecule has 0 radical (unpaired) electrons. The molecule has 0 bridgehead atoms. The first-order valence-corrected chi connectivity index (χ1v) is 8.99. The van der Waals surface area contributed by atoms with Crippen molar-refractivity contribution in [2.24, 2.45) is 0 Å². The van der Waals surface area contributed by atoms with Crippen molar-refractivity contribution in [2.45, 2.75) is 44.6 Å². The fraction of sp³-hybridized carbons (Fsp3) is 0.474. The number of carbonyl (C=O) groups excluding carboxylic acids is 1.